The van der Waals surface area contributed by atoms with E-state index in [-0.39, 0.29) is 24.7 Å². The minimum Gasteiger partial charge on any atom is -0.480 e. The molecule has 1 heterocycles. The number of carbonyl (C=O) groups excluding carboxylic acids is 1. The van der Waals surface area contributed by atoms with Gasteiger partial charge in [0.1, 0.15) is 0 Å². The van der Waals surface area contributed by atoms with Gasteiger partial charge in [-0.3, -0.25) is 9.69 Å². The van der Waals surface area contributed by atoms with Crippen LogP contribution in [-0.2, 0) is 4.79 Å². The summed E-state index contributed by atoms with van der Waals surface area (Å²) in [5.41, 5.74) is 0. The van der Waals surface area contributed by atoms with Gasteiger partial charge in [-0.15, -0.1) is 0 Å². The Hall–Kier alpha value is -0.950. The van der Waals surface area contributed by atoms with Gasteiger partial charge in [-0.2, -0.15) is 11.8 Å². The summed E-state index contributed by atoms with van der Waals surface area (Å²) in [7, 11) is 0. The Morgan fingerprint density at radius 2 is 2.14 bits per heavy atom. The summed E-state index contributed by atoms with van der Waals surface area (Å²) in [6, 6.07) is 0.509. The molecule has 1 atom stereocenters. The number of aliphatic carboxylic acids is 1. The Kier molecular flexibility index (Phi) is 5.75. The molecule has 6 nitrogen and oxygen atoms in total. The molecule has 120 valence electrons. The Morgan fingerprint density at radius 1 is 1.43 bits per heavy atom. The van der Waals surface area contributed by atoms with E-state index in [0.29, 0.717) is 5.25 Å². The van der Waals surface area contributed by atoms with Gasteiger partial charge in [0.25, 0.3) is 0 Å². The molecule has 0 radical (unpaired) electrons. The molecule has 0 aromatic heterocycles. The van der Waals surface area contributed by atoms with Crippen LogP contribution in [0.15, 0.2) is 0 Å². The summed E-state index contributed by atoms with van der Waals surface area (Å²) in [5.74, 6) is 0.216. The van der Waals surface area contributed by atoms with E-state index in [1.807, 2.05) is 28.5 Å². The number of carbonyl (C=O) groups is 2. The minimum absolute atomic E-state index is 0.0342. The smallest absolute Gasteiger partial charge is 0.317 e. The fourth-order valence-electron chi connectivity index (χ4n) is 2.95. The van der Waals surface area contributed by atoms with Crippen LogP contribution in [0, 0.1) is 0 Å². The molecule has 0 aromatic carbocycles. The lowest BCUT2D eigenvalue weighted by Crippen LogP contribution is -2.57. The number of likely N-dealkylation sites (N-methyl/N-ethyl adjacent to an activating group) is 1. The van der Waals surface area contributed by atoms with Crippen molar-refractivity contribution in [2.75, 3.05) is 31.9 Å². The second-order valence-corrected chi connectivity index (χ2v) is 7.40. The highest BCUT2D eigenvalue weighted by Crippen LogP contribution is 2.26. The predicted molar refractivity (Wildman–Crippen MR) is 83.7 cm³/mol. The van der Waals surface area contributed by atoms with Crippen molar-refractivity contribution in [2.45, 2.75) is 44.0 Å². The number of carboxylic acids is 1. The molecule has 1 saturated heterocycles. The normalized spacial score (nSPS) is 29.1. The van der Waals surface area contributed by atoms with Crippen molar-refractivity contribution >= 4 is 23.8 Å². The van der Waals surface area contributed by atoms with E-state index in [0.717, 1.165) is 38.2 Å². The fraction of sp³-hybridized carbons (Fsp3) is 0.857. The van der Waals surface area contributed by atoms with Gasteiger partial charge in [-0.1, -0.05) is 13.8 Å². The van der Waals surface area contributed by atoms with Crippen LogP contribution >= 0.6 is 11.8 Å². The van der Waals surface area contributed by atoms with Crippen LogP contribution in [0.25, 0.3) is 0 Å². The first kappa shape index (κ1) is 16.4. The van der Waals surface area contributed by atoms with Crippen molar-refractivity contribution in [2.24, 2.45) is 0 Å². The van der Waals surface area contributed by atoms with Crippen LogP contribution in [0.1, 0.15) is 26.7 Å². The standard InChI is InChI=1S/C14H25N3O3S/c1-3-16(9-13(18)19)12-6-11(7-12)15-14(20)17-4-5-21-10(2)8-17/h10-12H,3-9H2,1-2H3,(H,15,20)(H,18,19). The lowest BCUT2D eigenvalue weighted by molar-refractivity contribution is -0.139. The summed E-state index contributed by atoms with van der Waals surface area (Å²) < 4.78 is 0. The molecule has 2 N–H and O–H groups in total. The van der Waals surface area contributed by atoms with E-state index in [1.54, 1.807) is 0 Å². The zero-order valence-corrected chi connectivity index (χ0v) is 13.6. The van der Waals surface area contributed by atoms with Crippen LogP contribution in [0.5, 0.6) is 0 Å². The number of nitrogens with zero attached hydrogens (tertiary/aromatic N) is 2. The first-order valence-electron chi connectivity index (χ1n) is 7.62. The topological polar surface area (TPSA) is 72.9 Å². The van der Waals surface area contributed by atoms with E-state index in [9.17, 15) is 9.59 Å². The maximum atomic E-state index is 12.2. The third-order valence-electron chi connectivity index (χ3n) is 4.23. The second-order valence-electron chi connectivity index (χ2n) is 5.86. The quantitative estimate of drug-likeness (QED) is 0.794. The molecule has 1 unspecified atom stereocenters. The van der Waals surface area contributed by atoms with Crippen LogP contribution < -0.4 is 5.32 Å². The number of hydrogen-bond donors (Lipinski definition) is 2. The molecule has 0 spiro atoms. The lowest BCUT2D eigenvalue weighted by atomic mass is 9.85. The average molecular weight is 315 g/mol. The van der Waals surface area contributed by atoms with Crippen molar-refractivity contribution in [1.82, 2.24) is 15.1 Å². The van der Waals surface area contributed by atoms with E-state index < -0.39 is 5.97 Å². The molecule has 0 bridgehead atoms. The molecule has 1 saturated carbocycles. The Labute approximate surface area is 130 Å². The maximum absolute atomic E-state index is 12.2. The van der Waals surface area contributed by atoms with Gasteiger partial charge in [0, 0.05) is 36.2 Å². The highest BCUT2D eigenvalue weighted by molar-refractivity contribution is 7.99. The number of hydrogen-bond acceptors (Lipinski definition) is 4. The first-order chi connectivity index (χ1) is 9.99. The SMILES string of the molecule is CCN(CC(=O)O)C1CC(NC(=O)N2CCSC(C)C2)C1. The zero-order valence-electron chi connectivity index (χ0n) is 12.7. The average Bonchev–Trinajstić information content (AvgIpc) is 2.39. The fourth-order valence-corrected chi connectivity index (χ4v) is 3.96. The van der Waals surface area contributed by atoms with E-state index in [1.165, 1.54) is 0 Å². The van der Waals surface area contributed by atoms with Gasteiger partial charge in [0.15, 0.2) is 0 Å². The Morgan fingerprint density at radius 3 is 2.71 bits per heavy atom. The summed E-state index contributed by atoms with van der Waals surface area (Å²) in [5, 5.41) is 12.4. The van der Waals surface area contributed by atoms with Crippen molar-refractivity contribution in [1.29, 1.82) is 0 Å². The highest BCUT2D eigenvalue weighted by Gasteiger charge is 2.35. The largest absolute Gasteiger partial charge is 0.480 e. The molecule has 1 aliphatic heterocycles. The van der Waals surface area contributed by atoms with Gasteiger partial charge in [0.05, 0.1) is 6.54 Å². The first-order valence-corrected chi connectivity index (χ1v) is 8.67. The number of amides is 2. The maximum Gasteiger partial charge on any atom is 0.317 e. The minimum atomic E-state index is -0.788. The third kappa shape index (κ3) is 4.51. The number of carboxylic acid groups (broad SMARTS) is 1. The lowest BCUT2D eigenvalue weighted by Gasteiger charge is -2.43. The van der Waals surface area contributed by atoms with Gasteiger partial charge >= 0.3 is 12.0 Å². The summed E-state index contributed by atoms with van der Waals surface area (Å²) in [6.45, 7) is 6.57. The van der Waals surface area contributed by atoms with Gasteiger partial charge in [0.2, 0.25) is 0 Å². The van der Waals surface area contributed by atoms with Crippen molar-refractivity contribution in [3.8, 4) is 0 Å². The van der Waals surface area contributed by atoms with E-state index in [4.69, 9.17) is 5.11 Å². The molecule has 1 aliphatic carbocycles. The van der Waals surface area contributed by atoms with Crippen molar-refractivity contribution in [3.05, 3.63) is 0 Å². The van der Waals surface area contributed by atoms with Gasteiger partial charge in [-0.25, -0.2) is 4.79 Å². The number of thioether (sulfide) groups is 1. The third-order valence-corrected chi connectivity index (χ3v) is 5.37. The highest BCUT2D eigenvalue weighted by atomic mass is 32.2. The van der Waals surface area contributed by atoms with Crippen LogP contribution in [-0.4, -0.2) is 76.2 Å². The van der Waals surface area contributed by atoms with Crippen LogP contribution in [0.2, 0.25) is 0 Å². The Bertz CT molecular complexity index is 388. The molecule has 2 amide bonds. The Balaban J connectivity index is 1.72. The summed E-state index contributed by atoms with van der Waals surface area (Å²) >= 11 is 1.91. The summed E-state index contributed by atoms with van der Waals surface area (Å²) in [4.78, 5) is 26.8. The molecular formula is C14H25N3O3S. The van der Waals surface area contributed by atoms with Crippen LogP contribution in [0.3, 0.4) is 0 Å². The van der Waals surface area contributed by atoms with E-state index in [2.05, 4.69) is 12.2 Å². The monoisotopic (exact) mass is 315 g/mol. The molecule has 0 aromatic rings. The number of rotatable bonds is 5. The van der Waals surface area contributed by atoms with Gasteiger partial charge < -0.3 is 15.3 Å². The molecule has 2 aliphatic rings. The molecule has 2 rings (SSSR count). The number of urea groups is 1. The van der Waals surface area contributed by atoms with Crippen LogP contribution in [0.4, 0.5) is 4.79 Å². The van der Waals surface area contributed by atoms with Crippen molar-refractivity contribution in [3.63, 3.8) is 0 Å². The van der Waals surface area contributed by atoms with Gasteiger partial charge in [-0.05, 0) is 19.4 Å². The second kappa shape index (κ2) is 7.35. The molecular weight excluding hydrogens is 290 g/mol. The van der Waals surface area contributed by atoms with Crippen molar-refractivity contribution < 1.29 is 14.7 Å². The molecule has 7 heteroatoms. The predicted octanol–water partition coefficient (Wildman–Crippen LogP) is 1.07. The summed E-state index contributed by atoms with van der Waals surface area (Å²) in [6.07, 6.45) is 1.70. The van der Waals surface area contributed by atoms with E-state index >= 15 is 0 Å². The molecule has 2 fully saturated rings. The zero-order chi connectivity index (χ0) is 15.4. The molecule has 21 heavy (non-hydrogen) atoms. The number of nitrogens with one attached hydrogen (secondary N) is 1.